The number of amides is 2. The van der Waals surface area contributed by atoms with Gasteiger partial charge in [-0.2, -0.15) is 13.2 Å². The van der Waals surface area contributed by atoms with Gasteiger partial charge in [-0.05, 0) is 49.2 Å². The smallest absolute Gasteiger partial charge is 0.416 e. The van der Waals surface area contributed by atoms with Crippen LogP contribution in [-0.2, 0) is 15.7 Å². The van der Waals surface area contributed by atoms with Gasteiger partial charge in [-0.25, -0.2) is 0 Å². The minimum Gasteiger partial charge on any atom is -0.493 e. The molecule has 184 valence electrons. The van der Waals surface area contributed by atoms with Crippen molar-refractivity contribution in [3.8, 4) is 11.5 Å². The fourth-order valence-corrected chi connectivity index (χ4v) is 3.68. The Morgan fingerprint density at radius 3 is 2.26 bits per heavy atom. The summed E-state index contributed by atoms with van der Waals surface area (Å²) in [4.78, 5) is 27.0. The fourth-order valence-electron chi connectivity index (χ4n) is 3.68. The third kappa shape index (κ3) is 6.40. The van der Waals surface area contributed by atoms with Crippen LogP contribution in [-0.4, -0.2) is 57.2 Å². The van der Waals surface area contributed by atoms with Crippen molar-refractivity contribution >= 4 is 17.5 Å². The Bertz CT molecular complexity index is 987. The first-order valence-corrected chi connectivity index (χ1v) is 10.8. The molecule has 0 spiro atoms. The number of benzene rings is 2. The average Bonchev–Trinajstić information content (AvgIpc) is 2.83. The minimum atomic E-state index is -4.45. The molecular formula is C24H27F3N2O5. The number of hydrogen-bond acceptors (Lipinski definition) is 5. The van der Waals surface area contributed by atoms with Gasteiger partial charge in [-0.15, -0.1) is 0 Å². The number of likely N-dealkylation sites (tertiary alicyclic amines) is 1. The van der Waals surface area contributed by atoms with Crippen LogP contribution in [0.15, 0.2) is 42.5 Å². The topological polar surface area (TPSA) is 77.1 Å². The predicted octanol–water partition coefficient (Wildman–Crippen LogP) is 4.23. The predicted molar refractivity (Wildman–Crippen MR) is 119 cm³/mol. The van der Waals surface area contributed by atoms with E-state index >= 15 is 0 Å². The van der Waals surface area contributed by atoms with E-state index in [4.69, 9.17) is 14.2 Å². The monoisotopic (exact) mass is 480 g/mol. The molecule has 1 heterocycles. The standard InChI is InChI=1S/C24H27F3N2O5/c1-32-13-14-34-21-15-19(7-8-20(21)33-2)28-22(30)16-9-11-29(12-10-16)23(31)17-3-5-18(6-4-17)24(25,26)27/h3-8,15-16H,9-14H2,1-2H3,(H,28,30). The second-order valence-electron chi connectivity index (χ2n) is 7.84. The van der Waals surface area contributed by atoms with Crippen LogP contribution in [0.5, 0.6) is 11.5 Å². The van der Waals surface area contributed by atoms with Crippen molar-refractivity contribution in [2.75, 3.05) is 45.8 Å². The first-order valence-electron chi connectivity index (χ1n) is 10.8. The van der Waals surface area contributed by atoms with Crippen LogP contribution in [0.4, 0.5) is 18.9 Å². The Morgan fingerprint density at radius 2 is 1.68 bits per heavy atom. The molecule has 1 fully saturated rings. The van der Waals surface area contributed by atoms with E-state index in [1.54, 1.807) is 30.2 Å². The maximum Gasteiger partial charge on any atom is 0.416 e. The molecule has 2 amide bonds. The number of hydrogen-bond donors (Lipinski definition) is 1. The zero-order chi connectivity index (χ0) is 24.7. The van der Waals surface area contributed by atoms with Gasteiger partial charge in [0.25, 0.3) is 5.91 Å². The number of piperidine rings is 1. The number of methoxy groups -OCH3 is 2. The summed E-state index contributed by atoms with van der Waals surface area (Å²) in [5, 5.41) is 2.87. The summed E-state index contributed by atoms with van der Waals surface area (Å²) >= 11 is 0. The molecular weight excluding hydrogens is 453 g/mol. The van der Waals surface area contributed by atoms with Gasteiger partial charge in [0.1, 0.15) is 6.61 Å². The lowest BCUT2D eigenvalue weighted by molar-refractivity contribution is -0.137. The van der Waals surface area contributed by atoms with Gasteiger partial charge in [-0.3, -0.25) is 9.59 Å². The van der Waals surface area contributed by atoms with Crippen LogP contribution in [0.2, 0.25) is 0 Å². The molecule has 0 saturated carbocycles. The molecule has 2 aromatic rings. The second kappa shape index (κ2) is 11.2. The maximum absolute atomic E-state index is 12.8. The lowest BCUT2D eigenvalue weighted by atomic mass is 9.95. The first kappa shape index (κ1) is 25.4. The van der Waals surface area contributed by atoms with E-state index < -0.39 is 11.7 Å². The molecule has 1 aliphatic heterocycles. The van der Waals surface area contributed by atoms with Gasteiger partial charge in [0.05, 0.1) is 19.3 Å². The van der Waals surface area contributed by atoms with Crippen molar-refractivity contribution in [3.63, 3.8) is 0 Å². The molecule has 0 unspecified atom stereocenters. The Balaban J connectivity index is 1.55. The molecule has 1 N–H and O–H groups in total. The highest BCUT2D eigenvalue weighted by molar-refractivity contribution is 5.95. The number of rotatable bonds is 8. The highest BCUT2D eigenvalue weighted by Crippen LogP contribution is 2.31. The molecule has 0 aliphatic carbocycles. The quantitative estimate of drug-likeness (QED) is 0.573. The van der Waals surface area contributed by atoms with Gasteiger partial charge >= 0.3 is 6.18 Å². The van der Waals surface area contributed by atoms with Gasteiger partial charge in [0.15, 0.2) is 11.5 Å². The minimum absolute atomic E-state index is 0.172. The van der Waals surface area contributed by atoms with Gasteiger partial charge in [0, 0.05) is 43.4 Å². The Morgan fingerprint density at radius 1 is 1.00 bits per heavy atom. The van der Waals surface area contributed by atoms with Crippen molar-refractivity contribution in [2.24, 2.45) is 5.92 Å². The summed E-state index contributed by atoms with van der Waals surface area (Å²) in [5.41, 5.74) is -0.0539. The van der Waals surface area contributed by atoms with Crippen LogP contribution in [0.25, 0.3) is 0 Å². The van der Waals surface area contributed by atoms with E-state index in [1.807, 2.05) is 0 Å². The van der Waals surface area contributed by atoms with E-state index in [0.29, 0.717) is 56.3 Å². The van der Waals surface area contributed by atoms with Gasteiger partial charge in [0.2, 0.25) is 5.91 Å². The summed E-state index contributed by atoms with van der Waals surface area (Å²) in [7, 11) is 3.09. The van der Waals surface area contributed by atoms with Gasteiger partial charge in [-0.1, -0.05) is 0 Å². The van der Waals surface area contributed by atoms with Crippen LogP contribution >= 0.6 is 0 Å². The molecule has 1 aliphatic rings. The van der Waals surface area contributed by atoms with Crippen molar-refractivity contribution < 1.29 is 37.0 Å². The number of carbonyl (C=O) groups excluding carboxylic acids is 2. The Kier molecular flexibility index (Phi) is 8.38. The lowest BCUT2D eigenvalue weighted by Gasteiger charge is -2.31. The Labute approximate surface area is 195 Å². The zero-order valence-corrected chi connectivity index (χ0v) is 19.0. The molecule has 10 heteroatoms. The number of alkyl halides is 3. The van der Waals surface area contributed by atoms with Crippen LogP contribution < -0.4 is 14.8 Å². The average molecular weight is 480 g/mol. The van der Waals surface area contributed by atoms with E-state index in [0.717, 1.165) is 12.1 Å². The SMILES string of the molecule is COCCOc1cc(NC(=O)C2CCN(C(=O)c3ccc(C(F)(F)F)cc3)CC2)ccc1OC. The number of carbonyl (C=O) groups is 2. The second-order valence-corrected chi connectivity index (χ2v) is 7.84. The number of halogens is 3. The zero-order valence-electron chi connectivity index (χ0n) is 19.0. The normalized spacial score (nSPS) is 14.6. The molecule has 0 bridgehead atoms. The molecule has 7 nitrogen and oxygen atoms in total. The van der Waals surface area contributed by atoms with E-state index in [9.17, 15) is 22.8 Å². The summed E-state index contributed by atoms with van der Waals surface area (Å²) in [6.45, 7) is 1.41. The summed E-state index contributed by atoms with van der Waals surface area (Å²) in [6.07, 6.45) is -3.55. The molecule has 1 saturated heterocycles. The molecule has 3 rings (SSSR count). The van der Waals surface area contributed by atoms with Crippen molar-refractivity contribution in [3.05, 3.63) is 53.6 Å². The van der Waals surface area contributed by atoms with E-state index in [1.165, 1.54) is 19.2 Å². The molecule has 2 aromatic carbocycles. The largest absolute Gasteiger partial charge is 0.493 e. The number of anilines is 1. The summed E-state index contributed by atoms with van der Waals surface area (Å²) in [6, 6.07) is 9.24. The summed E-state index contributed by atoms with van der Waals surface area (Å²) < 4.78 is 54.1. The maximum atomic E-state index is 12.8. The van der Waals surface area contributed by atoms with Gasteiger partial charge < -0.3 is 24.4 Å². The van der Waals surface area contributed by atoms with Crippen molar-refractivity contribution in [2.45, 2.75) is 19.0 Å². The highest BCUT2D eigenvalue weighted by Gasteiger charge is 2.31. The lowest BCUT2D eigenvalue weighted by Crippen LogP contribution is -2.41. The first-order chi connectivity index (χ1) is 16.2. The molecule has 0 aromatic heterocycles. The number of nitrogens with zero attached hydrogens (tertiary/aromatic N) is 1. The van der Waals surface area contributed by atoms with Crippen molar-refractivity contribution in [1.82, 2.24) is 4.90 Å². The van der Waals surface area contributed by atoms with Crippen LogP contribution in [0, 0.1) is 5.92 Å². The van der Waals surface area contributed by atoms with Crippen LogP contribution in [0.1, 0.15) is 28.8 Å². The Hall–Kier alpha value is -3.27. The van der Waals surface area contributed by atoms with Crippen molar-refractivity contribution in [1.29, 1.82) is 0 Å². The van der Waals surface area contributed by atoms with E-state index in [2.05, 4.69) is 5.32 Å². The third-order valence-corrected chi connectivity index (χ3v) is 5.59. The molecule has 0 atom stereocenters. The van der Waals surface area contributed by atoms with Crippen LogP contribution in [0.3, 0.4) is 0 Å². The number of ether oxygens (including phenoxy) is 3. The molecule has 0 radical (unpaired) electrons. The highest BCUT2D eigenvalue weighted by atomic mass is 19.4. The number of nitrogens with one attached hydrogen (secondary N) is 1. The fraction of sp³-hybridized carbons (Fsp3) is 0.417. The third-order valence-electron chi connectivity index (χ3n) is 5.59. The van der Waals surface area contributed by atoms with E-state index in [-0.39, 0.29) is 23.3 Å². The molecule has 34 heavy (non-hydrogen) atoms. The summed E-state index contributed by atoms with van der Waals surface area (Å²) in [5.74, 6) is 0.199.